The summed E-state index contributed by atoms with van der Waals surface area (Å²) in [6.45, 7) is 10.1. The lowest BCUT2D eigenvalue weighted by Crippen LogP contribution is -2.44. The van der Waals surface area contributed by atoms with Gasteiger partial charge in [-0.25, -0.2) is 0 Å². The van der Waals surface area contributed by atoms with Crippen molar-refractivity contribution < 1.29 is 0 Å². The highest BCUT2D eigenvalue weighted by molar-refractivity contribution is 5.80. The lowest BCUT2D eigenvalue weighted by Gasteiger charge is -2.26. The zero-order valence-corrected chi connectivity index (χ0v) is 13.3. The first-order valence-electron chi connectivity index (χ1n) is 8.13. The van der Waals surface area contributed by atoms with E-state index in [0.29, 0.717) is 6.04 Å². The zero-order chi connectivity index (χ0) is 14.4. The molecule has 0 aromatic carbocycles. The van der Waals surface area contributed by atoms with E-state index in [4.69, 9.17) is 0 Å². The predicted molar refractivity (Wildman–Crippen MR) is 86.1 cm³/mol. The summed E-state index contributed by atoms with van der Waals surface area (Å²) in [4.78, 5) is 9.45. The molecule has 1 N–H and O–H groups in total. The minimum atomic E-state index is 0.691. The normalized spacial score (nSPS) is 24.1. The van der Waals surface area contributed by atoms with Gasteiger partial charge in [0.2, 0.25) is 0 Å². The van der Waals surface area contributed by atoms with Crippen molar-refractivity contribution in [3.05, 3.63) is 12.2 Å². The van der Waals surface area contributed by atoms with Gasteiger partial charge < -0.3 is 10.2 Å². The number of guanidine groups is 1. The average molecular weight is 278 g/mol. The smallest absolute Gasteiger partial charge is 0.193 e. The summed E-state index contributed by atoms with van der Waals surface area (Å²) in [6, 6.07) is 0.691. The van der Waals surface area contributed by atoms with Gasteiger partial charge in [0.15, 0.2) is 5.96 Å². The van der Waals surface area contributed by atoms with Gasteiger partial charge >= 0.3 is 0 Å². The van der Waals surface area contributed by atoms with Crippen molar-refractivity contribution in [2.24, 2.45) is 10.9 Å². The number of rotatable bonds is 5. The molecule has 0 radical (unpaired) electrons. The molecule has 114 valence electrons. The maximum Gasteiger partial charge on any atom is 0.193 e. The summed E-state index contributed by atoms with van der Waals surface area (Å²) >= 11 is 0. The molecule has 2 heterocycles. The second kappa shape index (κ2) is 7.67. The first-order chi connectivity index (χ1) is 9.78. The van der Waals surface area contributed by atoms with Gasteiger partial charge in [-0.15, -0.1) is 0 Å². The lowest BCUT2D eigenvalue weighted by molar-refractivity contribution is 0.259. The molecule has 2 aliphatic heterocycles. The van der Waals surface area contributed by atoms with Crippen LogP contribution in [0.1, 0.15) is 33.1 Å². The molecule has 1 unspecified atom stereocenters. The summed E-state index contributed by atoms with van der Waals surface area (Å²) in [5.74, 6) is 1.85. The van der Waals surface area contributed by atoms with E-state index in [-0.39, 0.29) is 0 Å². The SMILES string of the molecule is CCC(CC)CNC(=NC)N1CCC(N2CC=CC2)C1. The minimum absolute atomic E-state index is 0.691. The molecule has 0 amide bonds. The van der Waals surface area contributed by atoms with Crippen molar-refractivity contribution in [1.82, 2.24) is 15.1 Å². The summed E-state index contributed by atoms with van der Waals surface area (Å²) in [7, 11) is 1.90. The van der Waals surface area contributed by atoms with Crippen molar-refractivity contribution >= 4 is 5.96 Å². The van der Waals surface area contributed by atoms with Crippen LogP contribution < -0.4 is 5.32 Å². The molecular weight excluding hydrogens is 248 g/mol. The zero-order valence-electron chi connectivity index (χ0n) is 13.3. The maximum atomic E-state index is 4.47. The van der Waals surface area contributed by atoms with Gasteiger partial charge in [0.05, 0.1) is 0 Å². The van der Waals surface area contributed by atoms with E-state index in [9.17, 15) is 0 Å². The van der Waals surface area contributed by atoms with Crippen LogP contribution in [0.2, 0.25) is 0 Å². The molecule has 2 rings (SSSR count). The Morgan fingerprint density at radius 1 is 1.30 bits per heavy atom. The Morgan fingerprint density at radius 2 is 2.00 bits per heavy atom. The van der Waals surface area contributed by atoms with Crippen LogP contribution in [-0.4, -0.2) is 61.6 Å². The monoisotopic (exact) mass is 278 g/mol. The first-order valence-corrected chi connectivity index (χ1v) is 8.13. The fraction of sp³-hybridized carbons (Fsp3) is 0.812. The molecule has 0 aromatic rings. The Kier molecular flexibility index (Phi) is 5.89. The van der Waals surface area contributed by atoms with Gasteiger partial charge in [0.1, 0.15) is 0 Å². The van der Waals surface area contributed by atoms with E-state index < -0.39 is 0 Å². The molecule has 0 aliphatic carbocycles. The van der Waals surface area contributed by atoms with Gasteiger partial charge in [0.25, 0.3) is 0 Å². The number of likely N-dealkylation sites (tertiary alicyclic amines) is 1. The van der Waals surface area contributed by atoms with Gasteiger partial charge in [-0.05, 0) is 12.3 Å². The van der Waals surface area contributed by atoms with Gasteiger partial charge in [-0.3, -0.25) is 9.89 Å². The van der Waals surface area contributed by atoms with Crippen molar-refractivity contribution in [3.8, 4) is 0 Å². The topological polar surface area (TPSA) is 30.9 Å². The Bertz CT molecular complexity index is 338. The second-order valence-corrected chi connectivity index (χ2v) is 5.92. The highest BCUT2D eigenvalue weighted by atomic mass is 15.3. The van der Waals surface area contributed by atoms with Crippen LogP contribution in [0.15, 0.2) is 17.1 Å². The van der Waals surface area contributed by atoms with Gasteiger partial charge in [-0.1, -0.05) is 38.8 Å². The van der Waals surface area contributed by atoms with E-state index in [0.717, 1.165) is 44.6 Å². The third kappa shape index (κ3) is 3.75. The number of nitrogens with zero attached hydrogens (tertiary/aromatic N) is 3. The van der Waals surface area contributed by atoms with E-state index in [2.05, 4.69) is 46.1 Å². The summed E-state index contributed by atoms with van der Waals surface area (Å²) in [6.07, 6.45) is 8.30. The average Bonchev–Trinajstić information content (AvgIpc) is 3.14. The Labute approximate surface area is 123 Å². The van der Waals surface area contributed by atoms with Crippen LogP contribution in [0.3, 0.4) is 0 Å². The molecule has 20 heavy (non-hydrogen) atoms. The molecule has 2 aliphatic rings. The number of nitrogens with one attached hydrogen (secondary N) is 1. The fourth-order valence-corrected chi connectivity index (χ4v) is 3.17. The maximum absolute atomic E-state index is 4.47. The third-order valence-corrected chi connectivity index (χ3v) is 4.74. The Morgan fingerprint density at radius 3 is 2.60 bits per heavy atom. The van der Waals surface area contributed by atoms with E-state index in [1.807, 2.05) is 7.05 Å². The second-order valence-electron chi connectivity index (χ2n) is 5.92. The summed E-state index contributed by atoms with van der Waals surface area (Å²) in [5.41, 5.74) is 0. The van der Waals surface area contributed by atoms with E-state index in [1.165, 1.54) is 19.3 Å². The largest absolute Gasteiger partial charge is 0.356 e. The van der Waals surface area contributed by atoms with Crippen LogP contribution in [0.5, 0.6) is 0 Å². The lowest BCUT2D eigenvalue weighted by atomic mass is 10.0. The highest BCUT2D eigenvalue weighted by Gasteiger charge is 2.29. The molecule has 1 atom stereocenters. The van der Waals surface area contributed by atoms with Crippen LogP contribution in [0.25, 0.3) is 0 Å². The van der Waals surface area contributed by atoms with E-state index in [1.54, 1.807) is 0 Å². The number of aliphatic imine (C=N–C) groups is 1. The first kappa shape index (κ1) is 15.4. The van der Waals surface area contributed by atoms with Gasteiger partial charge in [-0.2, -0.15) is 0 Å². The molecular formula is C16H30N4. The Balaban J connectivity index is 1.80. The minimum Gasteiger partial charge on any atom is -0.356 e. The Hall–Kier alpha value is -1.03. The van der Waals surface area contributed by atoms with Crippen molar-refractivity contribution in [2.75, 3.05) is 39.8 Å². The highest BCUT2D eigenvalue weighted by Crippen LogP contribution is 2.18. The molecule has 0 bridgehead atoms. The van der Waals surface area contributed by atoms with Crippen LogP contribution in [-0.2, 0) is 0 Å². The quantitative estimate of drug-likeness (QED) is 0.474. The third-order valence-electron chi connectivity index (χ3n) is 4.74. The molecule has 4 heteroatoms. The molecule has 1 fully saturated rings. The van der Waals surface area contributed by atoms with Crippen molar-refractivity contribution in [2.45, 2.75) is 39.2 Å². The molecule has 0 saturated carbocycles. The molecule has 4 nitrogen and oxygen atoms in total. The van der Waals surface area contributed by atoms with Crippen molar-refractivity contribution in [1.29, 1.82) is 0 Å². The predicted octanol–water partition coefficient (Wildman–Crippen LogP) is 1.94. The van der Waals surface area contributed by atoms with Gasteiger partial charge in [0, 0.05) is 45.8 Å². The summed E-state index contributed by atoms with van der Waals surface area (Å²) < 4.78 is 0. The number of hydrogen-bond donors (Lipinski definition) is 1. The molecule has 1 saturated heterocycles. The van der Waals surface area contributed by atoms with Crippen LogP contribution in [0.4, 0.5) is 0 Å². The molecule has 0 spiro atoms. The fourth-order valence-electron chi connectivity index (χ4n) is 3.17. The van der Waals surface area contributed by atoms with E-state index >= 15 is 0 Å². The van der Waals surface area contributed by atoms with Crippen LogP contribution >= 0.6 is 0 Å². The number of hydrogen-bond acceptors (Lipinski definition) is 2. The molecule has 0 aromatic heterocycles. The standard InChI is InChI=1S/C16H30N4/c1-4-14(5-2)12-18-16(17-3)20-11-8-15(13-20)19-9-6-7-10-19/h6-7,14-15H,4-5,8-13H2,1-3H3,(H,17,18). The summed E-state index contributed by atoms with van der Waals surface area (Å²) in [5, 5.41) is 3.57. The van der Waals surface area contributed by atoms with Crippen molar-refractivity contribution in [3.63, 3.8) is 0 Å². The van der Waals surface area contributed by atoms with Crippen LogP contribution in [0, 0.1) is 5.92 Å².